The zero-order chi connectivity index (χ0) is 19.2. The highest BCUT2D eigenvalue weighted by atomic mass is 16.1. The van der Waals surface area contributed by atoms with Crippen molar-refractivity contribution >= 4 is 34.7 Å². The van der Waals surface area contributed by atoms with Crippen LogP contribution in [-0.4, -0.2) is 36.2 Å². The largest absolute Gasteiger partial charge is 0.386 e. The number of nitrogens with one attached hydrogen (secondary N) is 2. The zero-order valence-corrected chi connectivity index (χ0v) is 15.5. The lowest BCUT2D eigenvalue weighted by Gasteiger charge is -2.12. The van der Waals surface area contributed by atoms with Crippen molar-refractivity contribution in [3.05, 3.63) is 60.3 Å². The van der Waals surface area contributed by atoms with E-state index in [2.05, 4.69) is 25.6 Å². The summed E-state index contributed by atoms with van der Waals surface area (Å²) in [6.45, 7) is 1.72. The second-order valence-electron chi connectivity index (χ2n) is 5.94. The SMILES string of the molecule is C/N=C\C=C(/C)C(=O)Nc1cnc2c(-c3ccccc3)ccc(NC)c2n1. The standard InChI is InChI=1S/C21H21N5O/c1-14(11-12-22-2)21(27)26-18-13-24-19-16(15-7-5-4-6-8-15)9-10-17(23-3)20(19)25-18/h4-13,23H,1-3H3,(H,25,26,27)/b14-11+,22-12-. The third-order valence-corrected chi connectivity index (χ3v) is 4.13. The van der Waals surface area contributed by atoms with Crippen LogP contribution >= 0.6 is 0 Å². The van der Waals surface area contributed by atoms with E-state index in [1.807, 2.05) is 49.5 Å². The van der Waals surface area contributed by atoms with E-state index in [9.17, 15) is 4.79 Å². The van der Waals surface area contributed by atoms with Crippen LogP contribution in [0.3, 0.4) is 0 Å². The van der Waals surface area contributed by atoms with Crippen LogP contribution in [0.2, 0.25) is 0 Å². The van der Waals surface area contributed by atoms with Crippen LogP contribution in [0.15, 0.2) is 65.3 Å². The van der Waals surface area contributed by atoms with Gasteiger partial charge in [0.15, 0.2) is 5.82 Å². The van der Waals surface area contributed by atoms with Gasteiger partial charge in [0.1, 0.15) is 5.52 Å². The summed E-state index contributed by atoms with van der Waals surface area (Å²) in [6, 6.07) is 14.0. The molecule has 6 nitrogen and oxygen atoms in total. The molecule has 0 saturated carbocycles. The predicted molar refractivity (Wildman–Crippen MR) is 111 cm³/mol. The summed E-state index contributed by atoms with van der Waals surface area (Å²) in [5, 5.41) is 5.92. The summed E-state index contributed by atoms with van der Waals surface area (Å²) in [7, 11) is 3.49. The first-order valence-corrected chi connectivity index (χ1v) is 8.57. The normalized spacial score (nSPS) is 11.7. The van der Waals surface area contributed by atoms with Crippen molar-refractivity contribution in [1.82, 2.24) is 9.97 Å². The molecule has 0 fully saturated rings. The minimum Gasteiger partial charge on any atom is -0.386 e. The van der Waals surface area contributed by atoms with E-state index in [0.29, 0.717) is 16.9 Å². The first kappa shape index (κ1) is 18.3. The minimum atomic E-state index is -0.242. The number of benzene rings is 2. The Morgan fingerprint density at radius 2 is 1.89 bits per heavy atom. The van der Waals surface area contributed by atoms with Crippen LogP contribution < -0.4 is 10.6 Å². The molecule has 0 radical (unpaired) electrons. The third-order valence-electron chi connectivity index (χ3n) is 4.13. The lowest BCUT2D eigenvalue weighted by Crippen LogP contribution is -2.14. The molecule has 3 aromatic rings. The molecule has 1 aromatic heterocycles. The molecule has 0 aliphatic heterocycles. The second kappa shape index (κ2) is 8.23. The number of rotatable bonds is 5. The van der Waals surface area contributed by atoms with Crippen molar-refractivity contribution in [2.24, 2.45) is 4.99 Å². The van der Waals surface area contributed by atoms with Crippen molar-refractivity contribution in [3.8, 4) is 11.1 Å². The fraction of sp³-hybridized carbons (Fsp3) is 0.143. The Balaban J connectivity index is 2.03. The van der Waals surface area contributed by atoms with Gasteiger partial charge in [0, 0.05) is 31.4 Å². The molecule has 0 atom stereocenters. The quantitative estimate of drug-likeness (QED) is 0.534. The molecule has 136 valence electrons. The summed E-state index contributed by atoms with van der Waals surface area (Å²) in [6.07, 6.45) is 4.80. The Labute approximate surface area is 158 Å². The van der Waals surface area contributed by atoms with E-state index < -0.39 is 0 Å². The van der Waals surface area contributed by atoms with Crippen LogP contribution in [-0.2, 0) is 4.79 Å². The number of hydrogen-bond acceptors (Lipinski definition) is 5. The van der Waals surface area contributed by atoms with Crippen LogP contribution in [0.25, 0.3) is 22.2 Å². The van der Waals surface area contributed by atoms with Crippen LogP contribution in [0.1, 0.15) is 6.92 Å². The molecule has 0 spiro atoms. The van der Waals surface area contributed by atoms with E-state index in [4.69, 9.17) is 0 Å². The number of allylic oxidation sites excluding steroid dienone is 1. The van der Waals surface area contributed by atoms with Gasteiger partial charge in [0.2, 0.25) is 0 Å². The molecule has 27 heavy (non-hydrogen) atoms. The zero-order valence-electron chi connectivity index (χ0n) is 15.5. The van der Waals surface area contributed by atoms with Crippen molar-refractivity contribution < 1.29 is 4.79 Å². The molecule has 1 heterocycles. The molecule has 0 aliphatic rings. The summed E-state index contributed by atoms with van der Waals surface area (Å²) in [5.74, 6) is 0.157. The molecule has 0 aliphatic carbocycles. The first-order chi connectivity index (χ1) is 13.1. The first-order valence-electron chi connectivity index (χ1n) is 8.57. The van der Waals surface area contributed by atoms with Gasteiger partial charge in [-0.2, -0.15) is 0 Å². The Morgan fingerprint density at radius 3 is 2.59 bits per heavy atom. The monoisotopic (exact) mass is 359 g/mol. The van der Waals surface area contributed by atoms with E-state index in [0.717, 1.165) is 22.3 Å². The molecule has 2 N–H and O–H groups in total. The highest BCUT2D eigenvalue weighted by Crippen LogP contribution is 2.31. The molecule has 1 amide bonds. The number of carbonyl (C=O) groups excluding carboxylic acids is 1. The Hall–Kier alpha value is -3.54. The van der Waals surface area contributed by atoms with Gasteiger partial charge < -0.3 is 10.6 Å². The van der Waals surface area contributed by atoms with Gasteiger partial charge in [-0.15, -0.1) is 0 Å². The highest BCUT2D eigenvalue weighted by Gasteiger charge is 2.12. The van der Waals surface area contributed by atoms with E-state index >= 15 is 0 Å². The second-order valence-corrected chi connectivity index (χ2v) is 5.94. The van der Waals surface area contributed by atoms with Gasteiger partial charge in [-0.25, -0.2) is 4.98 Å². The van der Waals surface area contributed by atoms with Crippen molar-refractivity contribution in [1.29, 1.82) is 0 Å². The van der Waals surface area contributed by atoms with Crippen molar-refractivity contribution in [3.63, 3.8) is 0 Å². The van der Waals surface area contributed by atoms with Crippen LogP contribution in [0.5, 0.6) is 0 Å². The topological polar surface area (TPSA) is 79.3 Å². The predicted octanol–water partition coefficient (Wildman–Crippen LogP) is 3.92. The Kier molecular flexibility index (Phi) is 5.56. The van der Waals surface area contributed by atoms with Crippen molar-refractivity contribution in [2.45, 2.75) is 6.92 Å². The van der Waals surface area contributed by atoms with Gasteiger partial charge in [-0.3, -0.25) is 14.8 Å². The number of fused-ring (bicyclic) bond motifs is 1. The highest BCUT2D eigenvalue weighted by molar-refractivity contribution is 6.06. The number of amides is 1. The van der Waals surface area contributed by atoms with Gasteiger partial charge in [-0.1, -0.05) is 30.3 Å². The van der Waals surface area contributed by atoms with Gasteiger partial charge in [0.05, 0.1) is 17.4 Å². The molecule has 2 aromatic carbocycles. The summed E-state index contributed by atoms with van der Waals surface area (Å²) in [4.78, 5) is 25.3. The number of aliphatic imine (C=N–C) groups is 1. The smallest absolute Gasteiger partial charge is 0.252 e. The fourth-order valence-corrected chi connectivity index (χ4v) is 2.69. The maximum Gasteiger partial charge on any atom is 0.252 e. The third kappa shape index (κ3) is 4.00. The molecular formula is C21H21N5O. The summed E-state index contributed by atoms with van der Waals surface area (Å²) in [5.41, 5.74) is 4.91. The maximum absolute atomic E-state index is 12.3. The summed E-state index contributed by atoms with van der Waals surface area (Å²) >= 11 is 0. The molecule has 0 bridgehead atoms. The number of hydrogen-bond donors (Lipinski definition) is 2. The molecule has 3 rings (SSSR count). The van der Waals surface area contributed by atoms with E-state index in [1.165, 1.54) is 0 Å². The lowest BCUT2D eigenvalue weighted by molar-refractivity contribution is -0.112. The van der Waals surface area contributed by atoms with Gasteiger partial charge in [-0.05, 0) is 30.7 Å². The van der Waals surface area contributed by atoms with Gasteiger partial charge >= 0.3 is 0 Å². The Morgan fingerprint density at radius 1 is 1.11 bits per heavy atom. The summed E-state index contributed by atoms with van der Waals surface area (Å²) < 4.78 is 0. The number of carbonyl (C=O) groups is 1. The number of nitrogens with zero attached hydrogens (tertiary/aromatic N) is 3. The molecule has 0 unspecified atom stereocenters. The Bertz CT molecular complexity index is 1030. The van der Waals surface area contributed by atoms with E-state index in [-0.39, 0.29) is 5.91 Å². The average Bonchev–Trinajstić information content (AvgIpc) is 2.71. The molecular weight excluding hydrogens is 338 g/mol. The van der Waals surface area contributed by atoms with Gasteiger partial charge in [0.25, 0.3) is 5.91 Å². The van der Waals surface area contributed by atoms with Crippen LogP contribution in [0.4, 0.5) is 11.5 Å². The van der Waals surface area contributed by atoms with E-state index in [1.54, 1.807) is 32.5 Å². The molecule has 6 heteroatoms. The number of aromatic nitrogens is 2. The minimum absolute atomic E-state index is 0.242. The van der Waals surface area contributed by atoms with Crippen LogP contribution in [0, 0.1) is 0 Å². The maximum atomic E-state index is 12.3. The lowest BCUT2D eigenvalue weighted by atomic mass is 10.0. The number of anilines is 2. The average molecular weight is 359 g/mol. The van der Waals surface area contributed by atoms with Crippen molar-refractivity contribution in [2.75, 3.05) is 24.7 Å². The molecule has 0 saturated heterocycles. The fourth-order valence-electron chi connectivity index (χ4n) is 2.69.